The van der Waals surface area contributed by atoms with Gasteiger partial charge in [0.05, 0.1) is 17.7 Å². The summed E-state index contributed by atoms with van der Waals surface area (Å²) in [5.41, 5.74) is 3.73. The Hall–Kier alpha value is -2.11. The quantitative estimate of drug-likeness (QED) is 0.535. The number of hydrogen-bond donors (Lipinski definition) is 0. The maximum absolute atomic E-state index is 13.3. The molecule has 0 N–H and O–H groups in total. The molecule has 0 aliphatic heterocycles. The van der Waals surface area contributed by atoms with Crippen LogP contribution in [-0.4, -0.2) is 22.4 Å². The van der Waals surface area contributed by atoms with Crippen molar-refractivity contribution >= 4 is 11.8 Å². The smallest absolute Gasteiger partial charge is 0.132 e. The fourth-order valence-electron chi connectivity index (χ4n) is 2.81. The number of ether oxygens (including phenoxy) is 1. The van der Waals surface area contributed by atoms with Gasteiger partial charge < -0.3 is 9.30 Å². The van der Waals surface area contributed by atoms with E-state index < -0.39 is 0 Å². The number of rotatable bonds is 6. The molecule has 0 aliphatic rings. The number of aromatic nitrogens is 2. The van der Waals surface area contributed by atoms with E-state index in [2.05, 4.69) is 35.5 Å². The summed E-state index contributed by atoms with van der Waals surface area (Å²) < 4.78 is 21.1. The lowest BCUT2D eigenvalue weighted by atomic mass is 10.0. The molecular formula is C20H21FN2OS. The predicted octanol–water partition coefficient (Wildman–Crippen LogP) is 5.63. The zero-order chi connectivity index (χ0) is 17.8. The van der Waals surface area contributed by atoms with Crippen LogP contribution in [0.5, 0.6) is 0 Å². The highest BCUT2D eigenvalue weighted by molar-refractivity contribution is 7.98. The zero-order valence-corrected chi connectivity index (χ0v) is 15.4. The van der Waals surface area contributed by atoms with Crippen molar-refractivity contribution in [2.45, 2.75) is 25.0 Å². The van der Waals surface area contributed by atoms with E-state index in [0.29, 0.717) is 6.61 Å². The van der Waals surface area contributed by atoms with E-state index in [9.17, 15) is 4.39 Å². The van der Waals surface area contributed by atoms with E-state index in [0.717, 1.165) is 22.5 Å². The second-order valence-corrected chi connectivity index (χ2v) is 6.52. The van der Waals surface area contributed by atoms with Gasteiger partial charge in [-0.1, -0.05) is 12.1 Å². The first kappa shape index (κ1) is 17.7. The van der Waals surface area contributed by atoms with Crippen LogP contribution >= 0.6 is 11.8 Å². The van der Waals surface area contributed by atoms with Crippen molar-refractivity contribution in [3.8, 4) is 22.5 Å². The molecule has 1 aromatic heterocycles. The first-order valence-electron chi connectivity index (χ1n) is 8.22. The van der Waals surface area contributed by atoms with Crippen molar-refractivity contribution in [1.82, 2.24) is 9.55 Å². The minimum Gasteiger partial charge on any atom is -0.359 e. The molecule has 0 spiro atoms. The van der Waals surface area contributed by atoms with E-state index >= 15 is 0 Å². The van der Waals surface area contributed by atoms with Gasteiger partial charge in [-0.2, -0.15) is 0 Å². The Balaban J connectivity index is 2.13. The van der Waals surface area contributed by atoms with Crippen molar-refractivity contribution < 1.29 is 9.13 Å². The van der Waals surface area contributed by atoms with Gasteiger partial charge >= 0.3 is 0 Å². The average Bonchev–Trinajstić information content (AvgIpc) is 3.08. The van der Waals surface area contributed by atoms with Gasteiger partial charge in [-0.05, 0) is 56.5 Å². The highest BCUT2D eigenvalue weighted by Gasteiger charge is 2.18. The molecule has 1 heterocycles. The maximum atomic E-state index is 13.3. The Bertz CT molecular complexity index is 828. The van der Waals surface area contributed by atoms with E-state index in [1.54, 1.807) is 30.2 Å². The van der Waals surface area contributed by atoms with Crippen molar-refractivity contribution in [1.29, 1.82) is 0 Å². The van der Waals surface area contributed by atoms with Gasteiger partial charge in [-0.3, -0.25) is 0 Å². The Morgan fingerprint density at radius 1 is 1.08 bits per heavy atom. The molecule has 0 radical (unpaired) electrons. The molecule has 1 atom stereocenters. The molecule has 1 unspecified atom stereocenters. The summed E-state index contributed by atoms with van der Waals surface area (Å²) >= 11 is 1.71. The number of halogens is 1. The third kappa shape index (κ3) is 3.78. The standard InChI is InChI=1S/C20H21FN2OS/c1-4-24-14(2)23-13-22-19(15-5-9-17(21)10-6-15)20(23)16-7-11-18(25-3)12-8-16/h5-14H,4H2,1-3H3. The van der Waals surface area contributed by atoms with Crippen LogP contribution in [0.1, 0.15) is 20.1 Å². The van der Waals surface area contributed by atoms with Gasteiger partial charge in [0.15, 0.2) is 0 Å². The second kappa shape index (κ2) is 7.85. The lowest BCUT2D eigenvalue weighted by Crippen LogP contribution is -2.09. The van der Waals surface area contributed by atoms with Crippen LogP contribution in [0.2, 0.25) is 0 Å². The lowest BCUT2D eigenvalue weighted by molar-refractivity contribution is 0.0259. The van der Waals surface area contributed by atoms with Gasteiger partial charge in [0.1, 0.15) is 12.0 Å². The van der Waals surface area contributed by atoms with Crippen molar-refractivity contribution in [2.75, 3.05) is 12.9 Å². The average molecular weight is 356 g/mol. The number of thioether (sulfide) groups is 1. The Morgan fingerprint density at radius 3 is 2.32 bits per heavy atom. The van der Waals surface area contributed by atoms with Crippen LogP contribution < -0.4 is 0 Å². The molecule has 5 heteroatoms. The number of nitrogens with zero attached hydrogens (tertiary/aromatic N) is 2. The normalized spacial score (nSPS) is 12.3. The molecule has 3 rings (SSSR count). The highest BCUT2D eigenvalue weighted by Crippen LogP contribution is 2.34. The van der Waals surface area contributed by atoms with E-state index in [1.807, 2.05) is 18.4 Å². The molecule has 0 bridgehead atoms. The second-order valence-electron chi connectivity index (χ2n) is 5.64. The zero-order valence-electron chi connectivity index (χ0n) is 14.6. The Morgan fingerprint density at radius 2 is 1.72 bits per heavy atom. The van der Waals surface area contributed by atoms with E-state index in [4.69, 9.17) is 4.74 Å². The molecule has 0 aliphatic carbocycles. The molecular weight excluding hydrogens is 335 g/mol. The summed E-state index contributed by atoms with van der Waals surface area (Å²) in [6.45, 7) is 4.59. The summed E-state index contributed by atoms with van der Waals surface area (Å²) in [6, 6.07) is 14.8. The minimum atomic E-state index is -0.253. The molecule has 0 saturated heterocycles. The summed E-state index contributed by atoms with van der Waals surface area (Å²) in [7, 11) is 0. The SMILES string of the molecule is CCOC(C)n1cnc(-c2ccc(F)cc2)c1-c1ccc(SC)cc1. The number of benzene rings is 2. The molecule has 2 aromatic carbocycles. The molecule has 3 nitrogen and oxygen atoms in total. The highest BCUT2D eigenvalue weighted by atomic mass is 32.2. The Kier molecular flexibility index (Phi) is 5.56. The third-order valence-electron chi connectivity index (χ3n) is 4.07. The van der Waals surface area contributed by atoms with Gasteiger partial charge in [0, 0.05) is 22.6 Å². The van der Waals surface area contributed by atoms with Gasteiger partial charge in [0.2, 0.25) is 0 Å². The fraction of sp³-hybridized carbons (Fsp3) is 0.250. The first-order chi connectivity index (χ1) is 12.1. The van der Waals surface area contributed by atoms with Gasteiger partial charge in [-0.15, -0.1) is 11.8 Å². The molecule has 130 valence electrons. The van der Waals surface area contributed by atoms with Gasteiger partial charge in [0.25, 0.3) is 0 Å². The molecule has 0 fully saturated rings. The monoisotopic (exact) mass is 356 g/mol. The third-order valence-corrected chi connectivity index (χ3v) is 4.82. The van der Waals surface area contributed by atoms with Crippen LogP contribution in [0.4, 0.5) is 4.39 Å². The topological polar surface area (TPSA) is 27.1 Å². The minimum absolute atomic E-state index is 0.137. The van der Waals surface area contributed by atoms with Crippen molar-refractivity contribution in [3.63, 3.8) is 0 Å². The maximum Gasteiger partial charge on any atom is 0.132 e. The summed E-state index contributed by atoms with van der Waals surface area (Å²) in [4.78, 5) is 5.80. The molecule has 25 heavy (non-hydrogen) atoms. The van der Waals surface area contributed by atoms with Crippen LogP contribution in [0.15, 0.2) is 59.8 Å². The molecule has 0 saturated carbocycles. The summed E-state index contributed by atoms with van der Waals surface area (Å²) in [6.07, 6.45) is 3.71. The molecule has 3 aromatic rings. The first-order valence-corrected chi connectivity index (χ1v) is 9.45. The van der Waals surface area contributed by atoms with E-state index in [1.165, 1.54) is 17.0 Å². The van der Waals surface area contributed by atoms with Crippen LogP contribution in [-0.2, 0) is 4.74 Å². The van der Waals surface area contributed by atoms with E-state index in [-0.39, 0.29) is 12.0 Å². The largest absolute Gasteiger partial charge is 0.359 e. The Labute approximate surface area is 151 Å². The molecule has 0 amide bonds. The van der Waals surface area contributed by atoms with Crippen LogP contribution in [0.25, 0.3) is 22.5 Å². The van der Waals surface area contributed by atoms with Gasteiger partial charge in [-0.25, -0.2) is 9.37 Å². The number of hydrogen-bond acceptors (Lipinski definition) is 3. The number of imidazole rings is 1. The predicted molar refractivity (Wildman–Crippen MR) is 101 cm³/mol. The summed E-state index contributed by atoms with van der Waals surface area (Å²) in [5.74, 6) is -0.253. The van der Waals surface area contributed by atoms with Crippen LogP contribution in [0.3, 0.4) is 0 Å². The van der Waals surface area contributed by atoms with Crippen LogP contribution in [0, 0.1) is 5.82 Å². The van der Waals surface area contributed by atoms with Crippen molar-refractivity contribution in [2.24, 2.45) is 0 Å². The van der Waals surface area contributed by atoms with Crippen molar-refractivity contribution in [3.05, 3.63) is 60.7 Å². The summed E-state index contributed by atoms with van der Waals surface area (Å²) in [5, 5.41) is 0. The lowest BCUT2D eigenvalue weighted by Gasteiger charge is -2.17. The fourth-order valence-corrected chi connectivity index (χ4v) is 3.22.